The summed E-state index contributed by atoms with van der Waals surface area (Å²) < 4.78 is -0.187. The third-order valence-electron chi connectivity index (χ3n) is 0.302. The van der Waals surface area contributed by atoms with Gasteiger partial charge in [-0.2, -0.15) is 0 Å². The van der Waals surface area contributed by atoms with Crippen LogP contribution >= 0.6 is 0 Å². The summed E-state index contributed by atoms with van der Waals surface area (Å²) in [5.41, 5.74) is 0. The Morgan fingerprint density at radius 3 is 2.00 bits per heavy atom. The molecule has 0 aliphatic rings. The van der Waals surface area contributed by atoms with Crippen molar-refractivity contribution >= 4 is 26.1 Å². The van der Waals surface area contributed by atoms with E-state index < -0.39 is 5.97 Å². The van der Waals surface area contributed by atoms with E-state index in [2.05, 4.69) is 15.6 Å². The van der Waals surface area contributed by atoms with E-state index in [9.17, 15) is 4.79 Å². The molecule has 0 heterocycles. The third kappa shape index (κ3) is 5.66. The Bertz CT molecular complexity index is 86.4. The molecule has 40 valence electrons. The van der Waals surface area contributed by atoms with Crippen LogP contribution in [0.3, 0.4) is 0 Å². The summed E-state index contributed by atoms with van der Waals surface area (Å²) in [7, 11) is 0. The molecule has 0 aliphatic heterocycles. The number of hydrogen-bond acceptors (Lipinski definition) is 2. The van der Waals surface area contributed by atoms with Gasteiger partial charge in [-0.15, -0.1) is 0 Å². The average molecular weight is 167 g/mol. The minimum absolute atomic E-state index is 0.187. The van der Waals surface area contributed by atoms with Gasteiger partial charge in [-0.25, -0.2) is 0 Å². The predicted molar refractivity (Wildman–Crippen MR) is 24.9 cm³/mol. The van der Waals surface area contributed by atoms with Gasteiger partial charge in [-0.1, -0.05) is 0 Å². The van der Waals surface area contributed by atoms with Crippen LogP contribution in [-0.4, -0.2) is 36.4 Å². The van der Waals surface area contributed by atoms with Crippen molar-refractivity contribution in [3.63, 3.8) is 0 Å². The van der Waals surface area contributed by atoms with Crippen molar-refractivity contribution in [1.29, 1.82) is 0 Å². The quantitative estimate of drug-likeness (QED) is 0.525. The molecule has 0 atom stereocenters. The van der Waals surface area contributed by atoms with Crippen molar-refractivity contribution in [3.05, 3.63) is 0 Å². The Morgan fingerprint density at radius 2 is 2.00 bits per heavy atom. The van der Waals surface area contributed by atoms with E-state index in [0.29, 0.717) is 0 Å². The summed E-state index contributed by atoms with van der Waals surface area (Å²) in [6, 6.07) is 0. The van der Waals surface area contributed by atoms with Crippen LogP contribution in [0.5, 0.6) is 0 Å². The van der Waals surface area contributed by atoms with Crippen LogP contribution in [-0.2, 0) is 4.79 Å². The summed E-state index contributed by atoms with van der Waals surface area (Å²) in [5, 5.41) is 16.1. The van der Waals surface area contributed by atoms with Crippen molar-refractivity contribution in [2.45, 2.75) is 6.42 Å². The van der Waals surface area contributed by atoms with Gasteiger partial charge in [-0.3, -0.25) is 0 Å². The molecule has 0 spiro atoms. The molecule has 3 nitrogen and oxygen atoms in total. The van der Waals surface area contributed by atoms with Gasteiger partial charge in [0, 0.05) is 0 Å². The molecule has 0 aromatic carbocycles. The Hall–Kier alpha value is -0.341. The van der Waals surface area contributed by atoms with Crippen LogP contribution in [0, 0.1) is 0 Å². The molecule has 0 aromatic rings. The second-order valence-electron chi connectivity index (χ2n) is 0.964. The van der Waals surface area contributed by atoms with Crippen LogP contribution in [0.1, 0.15) is 6.42 Å². The first-order valence-corrected chi connectivity index (χ1v) is 2.42. The Kier molecular flexibility index (Phi) is 2.64. The molecular weight excluding hydrogens is 163 g/mol. The SMILES string of the molecule is O=C(O)CC(O)=[Se]. The van der Waals surface area contributed by atoms with Crippen molar-refractivity contribution in [1.82, 2.24) is 0 Å². The van der Waals surface area contributed by atoms with Crippen molar-refractivity contribution in [3.8, 4) is 0 Å². The zero-order chi connectivity index (χ0) is 5.86. The molecule has 7 heavy (non-hydrogen) atoms. The second-order valence-corrected chi connectivity index (χ2v) is 1.95. The van der Waals surface area contributed by atoms with Gasteiger partial charge in [-0.05, 0) is 0 Å². The molecule has 2 N–H and O–H groups in total. The van der Waals surface area contributed by atoms with Crippen LogP contribution < -0.4 is 0 Å². The number of carboxylic acids is 1. The Balaban J connectivity index is 3.32. The van der Waals surface area contributed by atoms with E-state index in [1.165, 1.54) is 0 Å². The molecule has 0 rings (SSSR count). The van der Waals surface area contributed by atoms with Gasteiger partial charge < -0.3 is 0 Å². The fraction of sp³-hybridized carbons (Fsp3) is 0.333. The fourth-order valence-corrected chi connectivity index (χ4v) is 0.388. The van der Waals surface area contributed by atoms with E-state index in [-0.39, 0.29) is 11.0 Å². The normalized spacial score (nSPS) is 8.00. The monoisotopic (exact) mass is 168 g/mol. The zero-order valence-electron chi connectivity index (χ0n) is 3.42. The number of rotatable bonds is 2. The van der Waals surface area contributed by atoms with Gasteiger partial charge in [0.15, 0.2) is 0 Å². The Labute approximate surface area is 48.3 Å². The molecule has 0 aliphatic carbocycles. The zero-order valence-corrected chi connectivity index (χ0v) is 5.13. The summed E-state index contributed by atoms with van der Waals surface area (Å²) >= 11 is 2.16. The van der Waals surface area contributed by atoms with Crippen molar-refractivity contribution in [2.24, 2.45) is 0 Å². The van der Waals surface area contributed by atoms with Crippen LogP contribution in [0.15, 0.2) is 0 Å². The van der Waals surface area contributed by atoms with Gasteiger partial charge in [0.25, 0.3) is 0 Å². The number of aliphatic carboxylic acids is 1. The summed E-state index contributed by atoms with van der Waals surface area (Å²) in [6.45, 7) is 0. The standard InChI is InChI=1S/C3H4O3Se/c4-2(5)1-3(6)7/h1H2,(H,4,5)(H,6,7). The van der Waals surface area contributed by atoms with Crippen LogP contribution in [0.25, 0.3) is 0 Å². The van der Waals surface area contributed by atoms with E-state index in [0.717, 1.165) is 0 Å². The van der Waals surface area contributed by atoms with E-state index in [4.69, 9.17) is 10.2 Å². The minimum atomic E-state index is -1.03. The number of aliphatic hydroxyl groups excluding tert-OH is 1. The first-order valence-electron chi connectivity index (χ1n) is 1.56. The van der Waals surface area contributed by atoms with Gasteiger partial charge >= 0.3 is 47.6 Å². The first-order chi connectivity index (χ1) is 3.13. The molecule has 0 aromatic heterocycles. The van der Waals surface area contributed by atoms with Gasteiger partial charge in [0.1, 0.15) is 0 Å². The van der Waals surface area contributed by atoms with E-state index in [1.807, 2.05) is 0 Å². The molecule has 0 bridgehead atoms. The van der Waals surface area contributed by atoms with E-state index >= 15 is 0 Å². The average Bonchev–Trinajstić information content (AvgIpc) is 1.27. The van der Waals surface area contributed by atoms with Crippen LogP contribution in [0.4, 0.5) is 0 Å². The van der Waals surface area contributed by atoms with Gasteiger partial charge in [0.2, 0.25) is 0 Å². The maximum absolute atomic E-state index is 9.61. The topological polar surface area (TPSA) is 57.5 Å². The molecule has 0 unspecified atom stereocenters. The molecule has 0 fully saturated rings. The fourth-order valence-electron chi connectivity index (χ4n) is 0.129. The molecular formula is C3H4O3Se. The van der Waals surface area contributed by atoms with Crippen molar-refractivity contribution < 1.29 is 15.0 Å². The predicted octanol–water partition coefficient (Wildman–Crippen LogP) is -0.868. The number of hydrogen-bond donors (Lipinski definition) is 2. The summed E-state index contributed by atoms with van der Waals surface area (Å²) in [4.78, 5) is 9.61. The number of carbonyl (C=O) groups is 1. The molecule has 4 heteroatoms. The molecule has 0 amide bonds. The summed E-state index contributed by atoms with van der Waals surface area (Å²) in [6.07, 6.45) is -0.306. The van der Waals surface area contributed by atoms with Gasteiger partial charge in [0.05, 0.1) is 0 Å². The third-order valence-corrected chi connectivity index (χ3v) is 0.605. The van der Waals surface area contributed by atoms with Crippen LogP contribution in [0.2, 0.25) is 0 Å². The second kappa shape index (κ2) is 2.77. The first kappa shape index (κ1) is 6.66. The number of aliphatic hydroxyl groups is 1. The molecule has 0 saturated carbocycles. The molecule has 0 saturated heterocycles. The Morgan fingerprint density at radius 1 is 1.57 bits per heavy atom. The number of carboxylic acid groups (broad SMARTS) is 1. The summed E-state index contributed by atoms with van der Waals surface area (Å²) in [5.74, 6) is -1.03. The maximum atomic E-state index is 9.61. The van der Waals surface area contributed by atoms with E-state index in [1.54, 1.807) is 0 Å². The molecule has 0 radical (unpaired) electrons. The van der Waals surface area contributed by atoms with Crippen molar-refractivity contribution in [2.75, 3.05) is 0 Å².